The molecule has 2 aromatic rings. The number of ether oxygens (including phenoxy) is 3. The van der Waals surface area contributed by atoms with Crippen LogP contribution in [-0.4, -0.2) is 41.0 Å². The summed E-state index contributed by atoms with van der Waals surface area (Å²) in [5.74, 6) is 1.27. The van der Waals surface area contributed by atoms with Crippen LogP contribution in [0.1, 0.15) is 36.5 Å². The summed E-state index contributed by atoms with van der Waals surface area (Å²) in [4.78, 5) is 15.2. The van der Waals surface area contributed by atoms with Crippen molar-refractivity contribution in [1.29, 1.82) is 0 Å². The molecule has 2 saturated heterocycles. The molecule has 5 nitrogen and oxygen atoms in total. The Kier molecular flexibility index (Phi) is 7.50. The lowest BCUT2D eigenvalue weighted by atomic mass is 10.1. The topological polar surface area (TPSA) is 48.0 Å². The molecule has 0 aliphatic carbocycles. The van der Waals surface area contributed by atoms with E-state index in [1.54, 1.807) is 4.90 Å². The highest BCUT2D eigenvalue weighted by molar-refractivity contribution is 8.26. The number of carbonyl (C=O) groups excluding carboxylic acids is 1. The zero-order chi connectivity index (χ0) is 22.5. The Bertz CT molecular complexity index is 1010. The predicted octanol–water partition coefficient (Wildman–Crippen LogP) is 5.35. The molecule has 0 unspecified atom stereocenters. The first kappa shape index (κ1) is 22.8. The Morgan fingerprint density at radius 1 is 1.19 bits per heavy atom. The van der Waals surface area contributed by atoms with Gasteiger partial charge in [0.05, 0.1) is 24.2 Å². The number of thioether (sulfide) groups is 1. The van der Waals surface area contributed by atoms with Gasteiger partial charge in [0.2, 0.25) is 0 Å². The lowest BCUT2D eigenvalue weighted by Crippen LogP contribution is -2.35. The molecule has 0 N–H and O–H groups in total. The van der Waals surface area contributed by atoms with Crippen LogP contribution in [0.2, 0.25) is 0 Å². The minimum absolute atomic E-state index is 0.0619. The van der Waals surface area contributed by atoms with Crippen LogP contribution >= 0.6 is 24.0 Å². The first-order chi connectivity index (χ1) is 15.5. The monoisotopic (exact) mass is 469 g/mol. The molecule has 0 radical (unpaired) electrons. The van der Waals surface area contributed by atoms with E-state index < -0.39 is 0 Å². The number of hydrogen-bond acceptors (Lipinski definition) is 6. The number of rotatable bonds is 8. The number of carbonyl (C=O) groups is 1. The zero-order valence-electron chi connectivity index (χ0n) is 18.3. The molecule has 2 heterocycles. The van der Waals surface area contributed by atoms with Crippen LogP contribution in [0.3, 0.4) is 0 Å². The van der Waals surface area contributed by atoms with Crippen molar-refractivity contribution in [2.75, 3.05) is 19.8 Å². The van der Waals surface area contributed by atoms with Crippen molar-refractivity contribution in [1.82, 2.24) is 4.90 Å². The van der Waals surface area contributed by atoms with Crippen LogP contribution in [0.5, 0.6) is 11.5 Å². The highest BCUT2D eigenvalue weighted by Crippen LogP contribution is 2.35. The molecule has 2 aliphatic rings. The highest BCUT2D eigenvalue weighted by atomic mass is 32.2. The van der Waals surface area contributed by atoms with Gasteiger partial charge in [0, 0.05) is 6.61 Å². The maximum absolute atomic E-state index is 12.9. The van der Waals surface area contributed by atoms with Gasteiger partial charge in [-0.1, -0.05) is 59.9 Å². The van der Waals surface area contributed by atoms with Crippen molar-refractivity contribution in [3.8, 4) is 11.5 Å². The standard InChI is InChI=1S/C25H27NO4S2/c1-3-28-22-13-19(10-11-21(22)30-16-18-8-6-17(2)7-9-18)14-23-24(27)26(25(31)32-23)15-20-5-4-12-29-20/h6-11,13-14,20H,3-5,12,15-16H2,1-2H3/b23-14-/t20-/m0/s1. The second-order valence-electron chi connectivity index (χ2n) is 7.84. The fraction of sp³-hybridized carbons (Fsp3) is 0.360. The fourth-order valence-electron chi connectivity index (χ4n) is 3.65. The number of benzene rings is 2. The molecule has 168 valence electrons. The van der Waals surface area contributed by atoms with Gasteiger partial charge in [-0.3, -0.25) is 9.69 Å². The van der Waals surface area contributed by atoms with Gasteiger partial charge in [0.1, 0.15) is 10.9 Å². The van der Waals surface area contributed by atoms with Gasteiger partial charge in [-0.2, -0.15) is 0 Å². The van der Waals surface area contributed by atoms with Gasteiger partial charge in [-0.05, 0) is 56.0 Å². The molecular formula is C25H27NO4S2. The van der Waals surface area contributed by atoms with E-state index in [9.17, 15) is 4.79 Å². The maximum atomic E-state index is 12.9. The molecule has 7 heteroatoms. The maximum Gasteiger partial charge on any atom is 0.266 e. The molecule has 0 aromatic heterocycles. The predicted molar refractivity (Wildman–Crippen MR) is 132 cm³/mol. The average Bonchev–Trinajstić information content (AvgIpc) is 3.39. The van der Waals surface area contributed by atoms with E-state index in [-0.39, 0.29) is 12.0 Å². The second kappa shape index (κ2) is 10.5. The van der Waals surface area contributed by atoms with E-state index >= 15 is 0 Å². The Balaban J connectivity index is 1.47. The zero-order valence-corrected chi connectivity index (χ0v) is 20.0. The summed E-state index contributed by atoms with van der Waals surface area (Å²) in [5, 5.41) is 0. The Morgan fingerprint density at radius 2 is 2.00 bits per heavy atom. The Labute approximate surface area is 198 Å². The molecule has 2 fully saturated rings. The molecule has 2 aliphatic heterocycles. The summed E-state index contributed by atoms with van der Waals surface area (Å²) in [6.07, 6.45) is 3.94. The van der Waals surface area contributed by atoms with E-state index in [1.807, 2.05) is 31.2 Å². The summed E-state index contributed by atoms with van der Waals surface area (Å²) in [5.41, 5.74) is 3.18. The minimum Gasteiger partial charge on any atom is -0.490 e. The Hall–Kier alpha value is -2.35. The van der Waals surface area contributed by atoms with E-state index in [0.717, 1.165) is 30.6 Å². The summed E-state index contributed by atoms with van der Waals surface area (Å²) in [7, 11) is 0. The fourth-order valence-corrected chi connectivity index (χ4v) is 4.92. The van der Waals surface area contributed by atoms with Gasteiger partial charge in [0.25, 0.3) is 5.91 Å². The van der Waals surface area contributed by atoms with Gasteiger partial charge < -0.3 is 14.2 Å². The lowest BCUT2D eigenvalue weighted by Gasteiger charge is -2.18. The highest BCUT2D eigenvalue weighted by Gasteiger charge is 2.34. The quantitative estimate of drug-likeness (QED) is 0.384. The Morgan fingerprint density at radius 3 is 2.72 bits per heavy atom. The van der Waals surface area contributed by atoms with E-state index in [2.05, 4.69) is 31.2 Å². The van der Waals surface area contributed by atoms with Crippen LogP contribution in [0, 0.1) is 6.92 Å². The number of hydrogen-bond donors (Lipinski definition) is 0. The first-order valence-electron chi connectivity index (χ1n) is 10.9. The third kappa shape index (κ3) is 5.52. The summed E-state index contributed by atoms with van der Waals surface area (Å²) in [6.45, 7) is 6.26. The molecule has 1 atom stereocenters. The number of aryl methyl sites for hydroxylation is 1. The van der Waals surface area contributed by atoms with Crippen LogP contribution in [0.25, 0.3) is 6.08 Å². The largest absolute Gasteiger partial charge is 0.490 e. The molecule has 0 bridgehead atoms. The van der Waals surface area contributed by atoms with E-state index in [1.165, 1.54) is 17.3 Å². The second-order valence-corrected chi connectivity index (χ2v) is 9.52. The average molecular weight is 470 g/mol. The van der Waals surface area contributed by atoms with E-state index in [0.29, 0.717) is 40.5 Å². The van der Waals surface area contributed by atoms with Crippen LogP contribution in [0.15, 0.2) is 47.4 Å². The molecule has 4 rings (SSSR count). The van der Waals surface area contributed by atoms with Crippen molar-refractivity contribution in [2.24, 2.45) is 0 Å². The van der Waals surface area contributed by atoms with Gasteiger partial charge >= 0.3 is 0 Å². The number of thiocarbonyl (C=S) groups is 1. The first-order valence-corrected chi connectivity index (χ1v) is 12.1. The van der Waals surface area contributed by atoms with Crippen molar-refractivity contribution in [2.45, 2.75) is 39.4 Å². The summed E-state index contributed by atoms with van der Waals surface area (Å²) >= 11 is 6.78. The van der Waals surface area contributed by atoms with E-state index in [4.69, 9.17) is 26.4 Å². The normalized spacial score (nSPS) is 19.8. The SMILES string of the molecule is CCOc1cc(/C=C2\SC(=S)N(C[C@@H]3CCCO3)C2=O)ccc1OCc1ccc(C)cc1. The van der Waals surface area contributed by atoms with Crippen LogP contribution in [-0.2, 0) is 16.1 Å². The van der Waals surface area contributed by atoms with Crippen molar-refractivity contribution >= 4 is 40.3 Å². The smallest absolute Gasteiger partial charge is 0.266 e. The van der Waals surface area contributed by atoms with Crippen molar-refractivity contribution in [3.05, 3.63) is 64.1 Å². The van der Waals surface area contributed by atoms with Crippen LogP contribution in [0.4, 0.5) is 0 Å². The lowest BCUT2D eigenvalue weighted by molar-refractivity contribution is -0.123. The van der Waals surface area contributed by atoms with Crippen LogP contribution < -0.4 is 9.47 Å². The van der Waals surface area contributed by atoms with Gasteiger partial charge in [0.15, 0.2) is 11.5 Å². The number of amides is 1. The third-order valence-electron chi connectivity index (χ3n) is 5.36. The summed E-state index contributed by atoms with van der Waals surface area (Å²) in [6, 6.07) is 14.0. The van der Waals surface area contributed by atoms with Gasteiger partial charge in [-0.25, -0.2) is 0 Å². The van der Waals surface area contributed by atoms with Gasteiger partial charge in [-0.15, -0.1) is 0 Å². The number of nitrogens with zero attached hydrogens (tertiary/aromatic N) is 1. The third-order valence-corrected chi connectivity index (χ3v) is 6.74. The molecule has 0 spiro atoms. The minimum atomic E-state index is -0.0619. The summed E-state index contributed by atoms with van der Waals surface area (Å²) < 4.78 is 18.1. The van der Waals surface area contributed by atoms with Crippen molar-refractivity contribution < 1.29 is 19.0 Å². The molecule has 1 amide bonds. The van der Waals surface area contributed by atoms with Crippen molar-refractivity contribution in [3.63, 3.8) is 0 Å². The molecule has 2 aromatic carbocycles. The molecule has 0 saturated carbocycles. The molecule has 32 heavy (non-hydrogen) atoms. The molecular weight excluding hydrogens is 442 g/mol.